The Balaban J connectivity index is 1.45. The summed E-state index contributed by atoms with van der Waals surface area (Å²) in [4.78, 5) is 6.97. The summed E-state index contributed by atoms with van der Waals surface area (Å²) in [5.74, 6) is 1.13. The molecule has 24 heavy (non-hydrogen) atoms. The number of hydrogen-bond acceptors (Lipinski definition) is 4. The van der Waals surface area contributed by atoms with E-state index < -0.39 is 6.10 Å². The summed E-state index contributed by atoms with van der Waals surface area (Å²) in [7, 11) is 0. The summed E-state index contributed by atoms with van der Waals surface area (Å²) >= 11 is 0. The highest BCUT2D eigenvalue weighted by molar-refractivity contribution is 5.72. The Bertz CT molecular complexity index is 767. The van der Waals surface area contributed by atoms with Crippen LogP contribution >= 0.6 is 0 Å². The molecule has 4 rings (SSSR count). The molecule has 0 saturated carbocycles. The summed E-state index contributed by atoms with van der Waals surface area (Å²) in [5, 5.41) is 10.5. The van der Waals surface area contributed by atoms with Gasteiger partial charge in [-0.25, -0.2) is 4.98 Å². The van der Waals surface area contributed by atoms with Crippen molar-refractivity contribution in [2.24, 2.45) is 0 Å². The Kier molecular flexibility index (Phi) is 4.32. The predicted molar refractivity (Wildman–Crippen MR) is 93.8 cm³/mol. The van der Waals surface area contributed by atoms with Crippen molar-refractivity contribution in [1.29, 1.82) is 0 Å². The number of para-hydroxylation sites is 2. The van der Waals surface area contributed by atoms with E-state index in [1.165, 1.54) is 0 Å². The fourth-order valence-electron chi connectivity index (χ4n) is 3.51. The van der Waals surface area contributed by atoms with Gasteiger partial charge in [0.05, 0.1) is 6.10 Å². The van der Waals surface area contributed by atoms with Gasteiger partial charge in [-0.3, -0.25) is 4.90 Å². The van der Waals surface area contributed by atoms with E-state index in [4.69, 9.17) is 4.42 Å². The number of nitrogens with zero attached hydrogens (tertiary/aromatic N) is 2. The molecule has 1 aromatic heterocycles. The van der Waals surface area contributed by atoms with Crippen LogP contribution in [0.25, 0.3) is 11.1 Å². The molecule has 1 fully saturated rings. The van der Waals surface area contributed by atoms with Gasteiger partial charge in [0, 0.05) is 19.0 Å². The molecule has 1 N–H and O–H groups in total. The van der Waals surface area contributed by atoms with Crippen molar-refractivity contribution in [2.45, 2.75) is 24.9 Å². The topological polar surface area (TPSA) is 49.5 Å². The number of likely N-dealkylation sites (tertiary alicyclic amines) is 1. The molecule has 4 heteroatoms. The van der Waals surface area contributed by atoms with E-state index in [1.54, 1.807) is 0 Å². The Hall–Kier alpha value is -2.17. The van der Waals surface area contributed by atoms with Crippen LogP contribution < -0.4 is 0 Å². The first-order valence-corrected chi connectivity index (χ1v) is 8.60. The molecular weight excluding hydrogens is 300 g/mol. The average molecular weight is 322 g/mol. The number of oxazole rings is 1. The van der Waals surface area contributed by atoms with Crippen LogP contribution in [0.15, 0.2) is 59.0 Å². The number of piperidine rings is 1. The first kappa shape index (κ1) is 15.4. The number of aromatic nitrogens is 1. The highest BCUT2D eigenvalue weighted by atomic mass is 16.3. The monoisotopic (exact) mass is 322 g/mol. The number of rotatable bonds is 4. The van der Waals surface area contributed by atoms with Crippen LogP contribution in [-0.4, -0.2) is 34.6 Å². The summed E-state index contributed by atoms with van der Waals surface area (Å²) < 4.78 is 5.95. The maximum absolute atomic E-state index is 10.5. The van der Waals surface area contributed by atoms with E-state index in [-0.39, 0.29) is 0 Å². The Morgan fingerprint density at radius 1 is 1.12 bits per heavy atom. The minimum absolute atomic E-state index is 0.300. The zero-order chi connectivity index (χ0) is 16.4. The number of β-amino-alcohol motifs (C(OH)–C–C–N with tert-alkyl or cyclic N) is 1. The lowest BCUT2D eigenvalue weighted by Gasteiger charge is -2.32. The molecule has 1 aliphatic heterocycles. The zero-order valence-corrected chi connectivity index (χ0v) is 13.6. The van der Waals surface area contributed by atoms with Crippen molar-refractivity contribution in [3.63, 3.8) is 0 Å². The van der Waals surface area contributed by atoms with E-state index in [9.17, 15) is 5.11 Å². The lowest BCUT2D eigenvalue weighted by Crippen LogP contribution is -2.37. The van der Waals surface area contributed by atoms with E-state index in [2.05, 4.69) is 9.88 Å². The highest BCUT2D eigenvalue weighted by Gasteiger charge is 2.26. The van der Waals surface area contributed by atoms with Crippen molar-refractivity contribution >= 4 is 11.1 Å². The molecule has 2 atom stereocenters. The third-order valence-electron chi connectivity index (χ3n) is 4.78. The van der Waals surface area contributed by atoms with E-state index in [0.29, 0.717) is 12.5 Å². The Morgan fingerprint density at radius 3 is 2.75 bits per heavy atom. The predicted octanol–water partition coefficient (Wildman–Crippen LogP) is 3.74. The molecule has 0 spiro atoms. The summed E-state index contributed by atoms with van der Waals surface area (Å²) in [6, 6.07) is 17.8. The standard InChI is InChI=1S/C20H22N2O2/c23-18(15-7-2-1-3-8-15)14-22-12-6-9-16(13-22)20-21-17-10-4-5-11-19(17)24-20/h1-5,7-8,10-11,16,18,23H,6,9,12-14H2. The van der Waals surface area contributed by atoms with Crippen LogP contribution in [0.4, 0.5) is 0 Å². The second-order valence-electron chi connectivity index (χ2n) is 6.55. The second kappa shape index (κ2) is 6.75. The molecular formula is C20H22N2O2. The fraction of sp³-hybridized carbons (Fsp3) is 0.350. The number of aliphatic hydroxyl groups excluding tert-OH is 1. The van der Waals surface area contributed by atoms with Crippen LogP contribution in [0.3, 0.4) is 0 Å². The minimum Gasteiger partial charge on any atom is -0.440 e. The third-order valence-corrected chi connectivity index (χ3v) is 4.78. The van der Waals surface area contributed by atoms with Gasteiger partial charge >= 0.3 is 0 Å². The molecule has 2 aromatic carbocycles. The van der Waals surface area contributed by atoms with Gasteiger partial charge in [-0.05, 0) is 37.1 Å². The zero-order valence-electron chi connectivity index (χ0n) is 13.6. The molecule has 1 aliphatic rings. The van der Waals surface area contributed by atoms with Crippen LogP contribution in [0.1, 0.15) is 36.3 Å². The number of hydrogen-bond donors (Lipinski definition) is 1. The van der Waals surface area contributed by atoms with Gasteiger partial charge in [-0.15, -0.1) is 0 Å². The average Bonchev–Trinajstić information content (AvgIpc) is 3.07. The van der Waals surface area contributed by atoms with E-state index >= 15 is 0 Å². The van der Waals surface area contributed by atoms with E-state index in [1.807, 2.05) is 54.6 Å². The van der Waals surface area contributed by atoms with Gasteiger partial charge in [-0.2, -0.15) is 0 Å². The molecule has 2 heterocycles. The first-order chi connectivity index (χ1) is 11.8. The maximum atomic E-state index is 10.5. The van der Waals surface area contributed by atoms with Crippen LogP contribution in [0, 0.1) is 0 Å². The van der Waals surface area contributed by atoms with Crippen molar-refractivity contribution < 1.29 is 9.52 Å². The summed E-state index contributed by atoms with van der Waals surface area (Å²) in [6.07, 6.45) is 1.74. The SMILES string of the molecule is OC(CN1CCCC(c2nc3ccccc3o2)C1)c1ccccc1. The van der Waals surface area contributed by atoms with Gasteiger partial charge in [0.15, 0.2) is 11.5 Å². The molecule has 0 amide bonds. The first-order valence-electron chi connectivity index (χ1n) is 8.60. The molecule has 4 nitrogen and oxygen atoms in total. The summed E-state index contributed by atoms with van der Waals surface area (Å²) in [5.41, 5.74) is 2.75. The second-order valence-corrected chi connectivity index (χ2v) is 6.55. The smallest absolute Gasteiger partial charge is 0.199 e. The van der Waals surface area contributed by atoms with Crippen molar-refractivity contribution in [1.82, 2.24) is 9.88 Å². The third kappa shape index (κ3) is 3.21. The van der Waals surface area contributed by atoms with Crippen LogP contribution in [0.5, 0.6) is 0 Å². The van der Waals surface area contributed by atoms with Crippen molar-refractivity contribution in [2.75, 3.05) is 19.6 Å². The normalized spacial score (nSPS) is 20.3. The lowest BCUT2D eigenvalue weighted by atomic mass is 9.97. The van der Waals surface area contributed by atoms with E-state index in [0.717, 1.165) is 48.5 Å². The quantitative estimate of drug-likeness (QED) is 0.795. The fourth-order valence-corrected chi connectivity index (χ4v) is 3.51. The number of benzene rings is 2. The Labute approximate surface area is 141 Å². The maximum Gasteiger partial charge on any atom is 0.199 e. The van der Waals surface area contributed by atoms with Gasteiger partial charge < -0.3 is 9.52 Å². The molecule has 3 aromatic rings. The summed E-state index contributed by atoms with van der Waals surface area (Å²) in [6.45, 7) is 2.55. The van der Waals surface area contributed by atoms with Gasteiger partial charge in [0.1, 0.15) is 5.52 Å². The van der Waals surface area contributed by atoms with Crippen molar-refractivity contribution in [3.8, 4) is 0 Å². The molecule has 124 valence electrons. The Morgan fingerprint density at radius 2 is 1.92 bits per heavy atom. The number of fused-ring (bicyclic) bond motifs is 1. The van der Waals surface area contributed by atoms with Gasteiger partial charge in [-0.1, -0.05) is 42.5 Å². The minimum atomic E-state index is -0.450. The molecule has 0 aliphatic carbocycles. The highest BCUT2D eigenvalue weighted by Crippen LogP contribution is 2.29. The molecule has 1 saturated heterocycles. The van der Waals surface area contributed by atoms with Gasteiger partial charge in [0.2, 0.25) is 0 Å². The van der Waals surface area contributed by atoms with Crippen LogP contribution in [-0.2, 0) is 0 Å². The van der Waals surface area contributed by atoms with Crippen molar-refractivity contribution in [3.05, 3.63) is 66.1 Å². The molecule has 0 bridgehead atoms. The number of aliphatic hydroxyl groups is 1. The largest absolute Gasteiger partial charge is 0.440 e. The lowest BCUT2D eigenvalue weighted by molar-refractivity contribution is 0.0923. The molecule has 0 radical (unpaired) electrons. The van der Waals surface area contributed by atoms with Crippen LogP contribution in [0.2, 0.25) is 0 Å². The van der Waals surface area contributed by atoms with Gasteiger partial charge in [0.25, 0.3) is 0 Å². The molecule has 2 unspecified atom stereocenters.